The van der Waals surface area contributed by atoms with E-state index in [0.29, 0.717) is 44.4 Å². The first-order valence-electron chi connectivity index (χ1n) is 17.9. The molecule has 5 aromatic rings. The van der Waals surface area contributed by atoms with Crippen molar-refractivity contribution >= 4 is 11.4 Å². The molecule has 0 aliphatic carbocycles. The van der Waals surface area contributed by atoms with Gasteiger partial charge in [0.05, 0.1) is 29.5 Å². The number of rotatable bonds is 13. The van der Waals surface area contributed by atoms with Crippen molar-refractivity contribution in [1.29, 1.82) is 0 Å². The number of halogens is 2. The maximum Gasteiger partial charge on any atom is 0.350 e. The Labute approximate surface area is 300 Å². The van der Waals surface area contributed by atoms with E-state index in [0.717, 1.165) is 55.1 Å². The molecular weight excluding hydrogens is 670 g/mol. The van der Waals surface area contributed by atoms with E-state index in [1.807, 2.05) is 43.3 Å². The largest absolute Gasteiger partial charge is 0.491 e. The van der Waals surface area contributed by atoms with Crippen LogP contribution < -0.4 is 20.2 Å². The van der Waals surface area contributed by atoms with E-state index in [2.05, 4.69) is 37.1 Å². The van der Waals surface area contributed by atoms with Crippen LogP contribution in [-0.4, -0.2) is 79.2 Å². The number of aryl methyl sites for hydroxylation is 1. The number of aliphatic hydroxyl groups is 1. The van der Waals surface area contributed by atoms with Crippen LogP contribution in [0.4, 0.5) is 20.2 Å². The molecule has 2 aliphatic rings. The Morgan fingerprint density at radius 2 is 1.62 bits per heavy atom. The van der Waals surface area contributed by atoms with Gasteiger partial charge < -0.3 is 24.4 Å². The molecule has 52 heavy (non-hydrogen) atoms. The lowest BCUT2D eigenvalue weighted by molar-refractivity contribution is -0.0692. The van der Waals surface area contributed by atoms with Crippen LogP contribution in [0.3, 0.4) is 0 Å². The fourth-order valence-corrected chi connectivity index (χ4v) is 7.40. The second-order valence-electron chi connectivity index (χ2n) is 13.5. The molecule has 0 saturated carbocycles. The first-order chi connectivity index (χ1) is 25.2. The first kappa shape index (κ1) is 35.3. The highest BCUT2D eigenvalue weighted by atomic mass is 19.1. The third kappa shape index (κ3) is 7.44. The lowest BCUT2D eigenvalue weighted by Crippen LogP contribution is -2.46. The number of nitrogens with zero attached hydrogens (tertiary/aromatic N) is 8. The Hall–Kier alpha value is -5.08. The molecule has 4 atom stereocenters. The molecule has 12 nitrogen and oxygen atoms in total. The zero-order valence-corrected chi connectivity index (χ0v) is 29.4. The van der Waals surface area contributed by atoms with Crippen molar-refractivity contribution in [2.45, 2.75) is 69.9 Å². The standard InChI is InChI=1S/C38H44F2N8O4/c1-3-36(27(2)49)48-37(50)47(26-43-48)31-7-5-29(6-8-31)44-18-20-45(21-19-44)30-9-11-32(12-10-30)51-23-33-14-15-38(52-33,16-17-46-25-41-24-42-46)34-13-4-28(39)22-35(34)40/h4-13,22,24-27,33,36,49H,3,14-21,23H2,1-2H3. The molecule has 1 N–H and O–H groups in total. The van der Waals surface area contributed by atoms with Crippen molar-refractivity contribution in [3.8, 4) is 11.4 Å². The van der Waals surface area contributed by atoms with Gasteiger partial charge in [0.1, 0.15) is 43.0 Å². The molecule has 2 aromatic heterocycles. The predicted octanol–water partition coefficient (Wildman–Crippen LogP) is 5.11. The van der Waals surface area contributed by atoms with Crippen molar-refractivity contribution in [3.63, 3.8) is 0 Å². The molecule has 0 radical (unpaired) electrons. The summed E-state index contributed by atoms with van der Waals surface area (Å²) in [5.41, 5.74) is 2.07. The van der Waals surface area contributed by atoms with Gasteiger partial charge in [-0.15, -0.1) is 0 Å². The molecule has 7 rings (SSSR count). The van der Waals surface area contributed by atoms with Gasteiger partial charge in [0.25, 0.3) is 0 Å². The van der Waals surface area contributed by atoms with Crippen molar-refractivity contribution < 1.29 is 23.4 Å². The average molecular weight is 715 g/mol. The Kier molecular flexibility index (Phi) is 10.4. The molecular formula is C38H44F2N8O4. The van der Waals surface area contributed by atoms with E-state index in [4.69, 9.17) is 9.47 Å². The van der Waals surface area contributed by atoms with Crippen molar-refractivity contribution in [3.05, 3.63) is 113 Å². The molecule has 0 amide bonds. The number of aliphatic hydroxyl groups excluding tert-OH is 1. The Balaban J connectivity index is 0.918. The maximum absolute atomic E-state index is 15.0. The molecule has 274 valence electrons. The van der Waals surface area contributed by atoms with Gasteiger partial charge in [-0.05, 0) is 80.8 Å². The van der Waals surface area contributed by atoms with Gasteiger partial charge in [0.15, 0.2) is 0 Å². The monoisotopic (exact) mass is 714 g/mol. The van der Waals surface area contributed by atoms with Gasteiger partial charge in [-0.1, -0.05) is 13.0 Å². The SMILES string of the molecule is CCC(C(C)O)n1ncn(-c2ccc(N3CCN(c4ccc(OCC5CCC(CCn6cncn6)(c6ccc(F)cc6F)O5)cc4)CC3)cc2)c1=O. The number of benzene rings is 3. The Morgan fingerprint density at radius 1 is 0.942 bits per heavy atom. The number of hydrogen-bond acceptors (Lipinski definition) is 9. The van der Waals surface area contributed by atoms with Crippen LogP contribution in [0, 0.1) is 11.6 Å². The normalized spacial score (nSPS) is 20.3. The van der Waals surface area contributed by atoms with Gasteiger partial charge in [0, 0.05) is 62.1 Å². The Morgan fingerprint density at radius 3 is 2.23 bits per heavy atom. The minimum absolute atomic E-state index is 0.260. The zero-order chi connectivity index (χ0) is 36.2. The van der Waals surface area contributed by atoms with E-state index >= 15 is 4.39 Å². The second-order valence-corrected chi connectivity index (χ2v) is 13.5. The lowest BCUT2D eigenvalue weighted by Gasteiger charge is -2.37. The molecule has 0 spiro atoms. The van der Waals surface area contributed by atoms with E-state index < -0.39 is 23.3 Å². The number of piperazine rings is 1. The van der Waals surface area contributed by atoms with E-state index in [9.17, 15) is 14.3 Å². The molecule has 4 unspecified atom stereocenters. The van der Waals surface area contributed by atoms with Gasteiger partial charge >= 0.3 is 5.69 Å². The van der Waals surface area contributed by atoms with E-state index in [-0.39, 0.29) is 17.8 Å². The minimum atomic E-state index is -0.923. The maximum atomic E-state index is 15.0. The topological polar surface area (TPSA) is 116 Å². The highest BCUT2D eigenvalue weighted by molar-refractivity contribution is 5.54. The molecule has 0 bridgehead atoms. The Bertz CT molecular complexity index is 1980. The smallest absolute Gasteiger partial charge is 0.350 e. The van der Waals surface area contributed by atoms with Crippen molar-refractivity contribution in [2.75, 3.05) is 42.6 Å². The quantitative estimate of drug-likeness (QED) is 0.178. The summed E-state index contributed by atoms with van der Waals surface area (Å²) in [6.45, 7) is 7.76. The zero-order valence-electron chi connectivity index (χ0n) is 29.4. The van der Waals surface area contributed by atoms with Crippen molar-refractivity contribution in [2.24, 2.45) is 0 Å². The second kappa shape index (κ2) is 15.3. The third-order valence-electron chi connectivity index (χ3n) is 10.3. The number of hydrogen-bond donors (Lipinski definition) is 1. The van der Waals surface area contributed by atoms with Gasteiger partial charge in [-0.2, -0.15) is 10.2 Å². The van der Waals surface area contributed by atoms with Crippen molar-refractivity contribution in [1.82, 2.24) is 29.1 Å². The minimum Gasteiger partial charge on any atom is -0.491 e. The summed E-state index contributed by atoms with van der Waals surface area (Å²) in [6.07, 6.45) is 5.94. The summed E-state index contributed by atoms with van der Waals surface area (Å²) in [5.74, 6) is -0.519. The molecule has 2 aliphatic heterocycles. The third-order valence-corrected chi connectivity index (χ3v) is 10.3. The molecule has 3 aromatic carbocycles. The highest BCUT2D eigenvalue weighted by Gasteiger charge is 2.43. The van der Waals surface area contributed by atoms with Gasteiger partial charge in [0.2, 0.25) is 0 Å². The van der Waals surface area contributed by atoms with Gasteiger partial charge in [-0.25, -0.2) is 27.8 Å². The van der Waals surface area contributed by atoms with Crippen LogP contribution in [0.25, 0.3) is 5.69 Å². The van der Waals surface area contributed by atoms with Crippen LogP contribution in [0.5, 0.6) is 5.75 Å². The lowest BCUT2D eigenvalue weighted by atomic mass is 9.87. The summed E-state index contributed by atoms with van der Waals surface area (Å²) >= 11 is 0. The van der Waals surface area contributed by atoms with Crippen LogP contribution in [0.15, 0.2) is 90.5 Å². The highest BCUT2D eigenvalue weighted by Crippen LogP contribution is 2.44. The average Bonchev–Trinajstić information content (AvgIpc) is 3.92. The van der Waals surface area contributed by atoms with Crippen LogP contribution in [0.1, 0.15) is 51.1 Å². The summed E-state index contributed by atoms with van der Waals surface area (Å²) in [4.78, 5) is 21.7. The number of ether oxygens (including phenoxy) is 2. The number of anilines is 2. The van der Waals surface area contributed by atoms with Crippen LogP contribution >= 0.6 is 0 Å². The summed E-state index contributed by atoms with van der Waals surface area (Å²) in [5, 5.41) is 18.5. The fourth-order valence-electron chi connectivity index (χ4n) is 7.40. The summed E-state index contributed by atoms with van der Waals surface area (Å²) < 4.78 is 46.0. The molecule has 2 fully saturated rings. The summed E-state index contributed by atoms with van der Waals surface area (Å²) in [7, 11) is 0. The van der Waals surface area contributed by atoms with Crippen LogP contribution in [0.2, 0.25) is 0 Å². The number of aromatic nitrogens is 6. The van der Waals surface area contributed by atoms with Gasteiger partial charge in [-0.3, -0.25) is 4.68 Å². The molecule has 2 saturated heterocycles. The first-order valence-corrected chi connectivity index (χ1v) is 17.9. The van der Waals surface area contributed by atoms with Crippen LogP contribution in [-0.2, 0) is 16.9 Å². The predicted molar refractivity (Wildman–Crippen MR) is 192 cm³/mol. The van der Waals surface area contributed by atoms with E-state index in [1.165, 1.54) is 34.0 Å². The fraction of sp³-hybridized carbons (Fsp3) is 0.421. The molecule has 14 heteroatoms. The molecule has 4 heterocycles. The van der Waals surface area contributed by atoms with E-state index in [1.54, 1.807) is 17.9 Å². The summed E-state index contributed by atoms with van der Waals surface area (Å²) in [6, 6.07) is 19.2.